The molecular weight excluding hydrogens is 293 g/mol. The average Bonchev–Trinajstić information content (AvgIpc) is 2.40. The topological polar surface area (TPSA) is 72.4 Å². The second-order valence-corrected chi connectivity index (χ2v) is 5.93. The van der Waals surface area contributed by atoms with Gasteiger partial charge in [0.05, 0.1) is 11.3 Å². The first-order chi connectivity index (χ1) is 9.88. The van der Waals surface area contributed by atoms with Crippen molar-refractivity contribution in [2.75, 3.05) is 11.6 Å². The molecule has 1 unspecified atom stereocenters. The minimum atomic E-state index is -1.14. The summed E-state index contributed by atoms with van der Waals surface area (Å²) in [5, 5.41) is 12.0. The van der Waals surface area contributed by atoms with Crippen LogP contribution in [0.1, 0.15) is 15.9 Å². The highest BCUT2D eigenvalue weighted by Crippen LogP contribution is 2.26. The standard InChI is InChI=1S/C15H14FNO3S/c1-9-7-11(21(2)20)4-6-13(9)17-14-8-10(16)3-5-12(14)15(18)19/h3-8,17H,1-2H3,(H,18,19). The number of benzene rings is 2. The van der Waals surface area contributed by atoms with Crippen LogP contribution in [0.4, 0.5) is 15.8 Å². The Balaban J connectivity index is 2.38. The number of hydrogen-bond donors (Lipinski definition) is 2. The number of hydrogen-bond acceptors (Lipinski definition) is 3. The molecule has 0 aromatic heterocycles. The van der Waals surface area contributed by atoms with Crippen molar-refractivity contribution in [2.45, 2.75) is 11.8 Å². The van der Waals surface area contributed by atoms with Gasteiger partial charge >= 0.3 is 5.97 Å². The second kappa shape index (κ2) is 6.15. The highest BCUT2D eigenvalue weighted by Gasteiger charge is 2.13. The highest BCUT2D eigenvalue weighted by atomic mass is 32.2. The first-order valence-electron chi connectivity index (χ1n) is 6.12. The predicted octanol–water partition coefficient (Wildman–Crippen LogP) is 3.31. The summed E-state index contributed by atoms with van der Waals surface area (Å²) in [6, 6.07) is 8.58. The summed E-state index contributed by atoms with van der Waals surface area (Å²) in [7, 11) is 0. The minimum Gasteiger partial charge on any atom is -0.612 e. The molecule has 0 amide bonds. The first kappa shape index (κ1) is 15.3. The average molecular weight is 307 g/mol. The fourth-order valence-corrected chi connectivity index (χ4v) is 2.51. The molecule has 6 heteroatoms. The zero-order valence-corrected chi connectivity index (χ0v) is 12.3. The van der Waals surface area contributed by atoms with Gasteiger partial charge in [-0.2, -0.15) is 0 Å². The van der Waals surface area contributed by atoms with Gasteiger partial charge < -0.3 is 15.0 Å². The maximum atomic E-state index is 13.3. The van der Waals surface area contributed by atoms with Gasteiger partial charge in [0.25, 0.3) is 0 Å². The van der Waals surface area contributed by atoms with Crippen molar-refractivity contribution in [1.82, 2.24) is 0 Å². The number of anilines is 2. The predicted molar refractivity (Wildman–Crippen MR) is 80.2 cm³/mol. The number of carbonyl (C=O) groups is 1. The van der Waals surface area contributed by atoms with Crippen molar-refractivity contribution in [3.8, 4) is 0 Å². The molecule has 21 heavy (non-hydrogen) atoms. The fourth-order valence-electron chi connectivity index (χ4n) is 1.91. The molecule has 0 spiro atoms. The molecule has 2 aromatic carbocycles. The van der Waals surface area contributed by atoms with Gasteiger partial charge in [-0.1, -0.05) is 0 Å². The van der Waals surface area contributed by atoms with Crippen LogP contribution in [0.2, 0.25) is 0 Å². The van der Waals surface area contributed by atoms with Crippen LogP contribution in [0.5, 0.6) is 0 Å². The lowest BCUT2D eigenvalue weighted by molar-refractivity contribution is 0.0698. The Labute approximate surface area is 124 Å². The Bertz CT molecular complexity index is 689. The van der Waals surface area contributed by atoms with Crippen LogP contribution >= 0.6 is 0 Å². The van der Waals surface area contributed by atoms with Crippen LogP contribution in [0.3, 0.4) is 0 Å². The summed E-state index contributed by atoms with van der Waals surface area (Å²) in [4.78, 5) is 11.8. The Hall–Kier alpha value is -2.05. The van der Waals surface area contributed by atoms with Crippen molar-refractivity contribution in [3.05, 3.63) is 53.3 Å². The maximum Gasteiger partial charge on any atom is 0.337 e. The van der Waals surface area contributed by atoms with E-state index < -0.39 is 23.0 Å². The number of aryl methyl sites for hydroxylation is 1. The normalized spacial score (nSPS) is 12.0. The van der Waals surface area contributed by atoms with Crippen molar-refractivity contribution in [1.29, 1.82) is 0 Å². The second-order valence-electron chi connectivity index (χ2n) is 4.55. The molecule has 0 aliphatic heterocycles. The quantitative estimate of drug-likeness (QED) is 0.850. The fraction of sp³-hybridized carbons (Fsp3) is 0.133. The minimum absolute atomic E-state index is 0.0149. The molecule has 0 fully saturated rings. The summed E-state index contributed by atoms with van der Waals surface area (Å²) in [6.07, 6.45) is 1.58. The lowest BCUT2D eigenvalue weighted by Crippen LogP contribution is -2.05. The van der Waals surface area contributed by atoms with E-state index in [2.05, 4.69) is 5.32 Å². The zero-order valence-electron chi connectivity index (χ0n) is 11.5. The largest absolute Gasteiger partial charge is 0.612 e. The summed E-state index contributed by atoms with van der Waals surface area (Å²) < 4.78 is 24.7. The highest BCUT2D eigenvalue weighted by molar-refractivity contribution is 7.90. The molecule has 2 aromatic rings. The van der Waals surface area contributed by atoms with Crippen LogP contribution in [0.25, 0.3) is 0 Å². The van der Waals surface area contributed by atoms with Crippen LogP contribution in [0.15, 0.2) is 41.3 Å². The number of nitrogens with one attached hydrogen (secondary N) is 1. The summed E-state index contributed by atoms with van der Waals surface area (Å²) >= 11 is -1.09. The Morgan fingerprint density at radius 1 is 1.24 bits per heavy atom. The van der Waals surface area contributed by atoms with Gasteiger partial charge in [-0.25, -0.2) is 9.18 Å². The molecule has 2 N–H and O–H groups in total. The van der Waals surface area contributed by atoms with Gasteiger partial charge in [-0.15, -0.1) is 0 Å². The molecular formula is C15H14FNO3S. The summed E-state index contributed by atoms with van der Waals surface area (Å²) in [5.41, 5.74) is 1.59. The number of halogens is 1. The van der Waals surface area contributed by atoms with E-state index in [-0.39, 0.29) is 11.3 Å². The monoisotopic (exact) mass is 307 g/mol. The molecule has 2 rings (SSSR count). The van der Waals surface area contributed by atoms with E-state index in [1.165, 1.54) is 6.07 Å². The number of rotatable bonds is 4. The molecule has 0 aliphatic rings. The molecule has 0 aliphatic carbocycles. The van der Waals surface area contributed by atoms with Crippen molar-refractivity contribution in [2.24, 2.45) is 0 Å². The zero-order chi connectivity index (χ0) is 15.6. The SMILES string of the molecule is Cc1cc([S+](C)[O-])ccc1Nc1cc(F)ccc1C(=O)O. The molecule has 110 valence electrons. The Morgan fingerprint density at radius 2 is 1.95 bits per heavy atom. The molecule has 0 saturated heterocycles. The van der Waals surface area contributed by atoms with Crippen LogP contribution in [0, 0.1) is 12.7 Å². The van der Waals surface area contributed by atoms with Crippen molar-refractivity contribution < 1.29 is 18.8 Å². The molecule has 0 radical (unpaired) electrons. The third-order valence-corrected chi connectivity index (χ3v) is 3.93. The number of aromatic carboxylic acids is 1. The van der Waals surface area contributed by atoms with Gasteiger partial charge in [0, 0.05) is 5.69 Å². The molecule has 0 bridgehead atoms. The van der Waals surface area contributed by atoms with E-state index in [1.807, 2.05) is 0 Å². The Morgan fingerprint density at radius 3 is 2.52 bits per heavy atom. The van der Waals surface area contributed by atoms with Gasteiger partial charge in [0.15, 0.2) is 4.90 Å². The third kappa shape index (κ3) is 3.53. The lowest BCUT2D eigenvalue weighted by atomic mass is 10.1. The Kier molecular flexibility index (Phi) is 4.50. The maximum absolute atomic E-state index is 13.3. The number of carboxylic acids is 1. The van der Waals surface area contributed by atoms with E-state index in [4.69, 9.17) is 5.11 Å². The van der Waals surface area contributed by atoms with Crippen molar-refractivity contribution >= 4 is 28.5 Å². The molecule has 1 atom stereocenters. The van der Waals surface area contributed by atoms with Gasteiger partial charge in [0.1, 0.15) is 12.1 Å². The van der Waals surface area contributed by atoms with Gasteiger partial charge in [0.2, 0.25) is 0 Å². The van der Waals surface area contributed by atoms with E-state index in [1.54, 1.807) is 31.4 Å². The third-order valence-electron chi connectivity index (χ3n) is 3.01. The van der Waals surface area contributed by atoms with Crippen LogP contribution in [-0.2, 0) is 11.2 Å². The summed E-state index contributed by atoms with van der Waals surface area (Å²) in [6.45, 7) is 1.80. The molecule has 0 saturated carbocycles. The smallest absolute Gasteiger partial charge is 0.337 e. The van der Waals surface area contributed by atoms with E-state index in [9.17, 15) is 13.7 Å². The van der Waals surface area contributed by atoms with Gasteiger partial charge in [-0.3, -0.25) is 0 Å². The van der Waals surface area contributed by atoms with E-state index >= 15 is 0 Å². The first-order valence-corrected chi connectivity index (χ1v) is 7.68. The summed E-state index contributed by atoms with van der Waals surface area (Å²) in [5.74, 6) is -1.66. The van der Waals surface area contributed by atoms with E-state index in [0.717, 1.165) is 17.7 Å². The van der Waals surface area contributed by atoms with Crippen LogP contribution < -0.4 is 5.32 Å². The number of carboxylic acid groups (broad SMARTS) is 1. The lowest BCUT2D eigenvalue weighted by Gasteiger charge is -2.13. The van der Waals surface area contributed by atoms with Crippen LogP contribution in [-0.4, -0.2) is 21.9 Å². The molecule has 4 nitrogen and oxygen atoms in total. The van der Waals surface area contributed by atoms with Crippen molar-refractivity contribution in [3.63, 3.8) is 0 Å². The van der Waals surface area contributed by atoms with E-state index in [0.29, 0.717) is 10.6 Å². The molecule has 0 heterocycles. The van der Waals surface area contributed by atoms with Gasteiger partial charge in [-0.05, 0) is 60.1 Å².